The van der Waals surface area contributed by atoms with Crippen LogP contribution in [0.5, 0.6) is 0 Å². The van der Waals surface area contributed by atoms with Crippen molar-refractivity contribution in [3.63, 3.8) is 0 Å². The van der Waals surface area contributed by atoms with E-state index in [1.165, 1.54) is 4.57 Å². The lowest BCUT2D eigenvalue weighted by atomic mass is 9.98. The topological polar surface area (TPSA) is 112 Å². The zero-order chi connectivity index (χ0) is 31.4. The van der Waals surface area contributed by atoms with Crippen molar-refractivity contribution in [3.05, 3.63) is 99.1 Å². The van der Waals surface area contributed by atoms with E-state index >= 15 is 0 Å². The average Bonchev–Trinajstić information content (AvgIpc) is 3.29. The van der Waals surface area contributed by atoms with Gasteiger partial charge in [-0.05, 0) is 74.9 Å². The number of halogens is 1. The number of fused-ring (bicyclic) bond motifs is 4. The van der Waals surface area contributed by atoms with Crippen LogP contribution in [0.3, 0.4) is 0 Å². The molecule has 1 atom stereocenters. The summed E-state index contributed by atoms with van der Waals surface area (Å²) in [6.45, 7) is 8.04. The fraction of sp³-hybridized carbons (Fsp3) is 0.353. The number of hydrogen-bond donors (Lipinski definition) is 2. The Morgan fingerprint density at radius 1 is 0.955 bits per heavy atom. The third-order valence-electron chi connectivity index (χ3n) is 7.50. The van der Waals surface area contributed by atoms with Gasteiger partial charge in [0.05, 0.1) is 22.0 Å². The SMILES string of the molecule is C[C@H](NC(=O)OCC1c2ccccc2-c2ccccc21)c1nc2cccc(Cl)c2c(=O)n1CCCCNC(=O)OC(C)(C)C. The third-order valence-corrected chi connectivity index (χ3v) is 7.82. The number of nitrogens with zero attached hydrogens (tertiary/aromatic N) is 2. The Labute approximate surface area is 261 Å². The van der Waals surface area contributed by atoms with Gasteiger partial charge in [-0.25, -0.2) is 14.6 Å². The molecule has 1 aliphatic rings. The minimum absolute atomic E-state index is 0.0724. The van der Waals surface area contributed by atoms with E-state index in [1.54, 1.807) is 45.9 Å². The maximum absolute atomic E-state index is 13.6. The zero-order valence-electron chi connectivity index (χ0n) is 25.4. The van der Waals surface area contributed by atoms with Crippen LogP contribution in [-0.4, -0.2) is 40.5 Å². The van der Waals surface area contributed by atoms with Crippen molar-refractivity contribution in [2.45, 2.75) is 64.6 Å². The van der Waals surface area contributed by atoms with Crippen molar-refractivity contribution in [2.75, 3.05) is 13.2 Å². The Kier molecular flexibility index (Phi) is 9.25. The lowest BCUT2D eigenvalue weighted by molar-refractivity contribution is 0.0526. The highest BCUT2D eigenvalue weighted by Crippen LogP contribution is 2.44. The van der Waals surface area contributed by atoms with Crippen molar-refractivity contribution in [1.29, 1.82) is 0 Å². The molecule has 0 fully saturated rings. The van der Waals surface area contributed by atoms with Gasteiger partial charge >= 0.3 is 12.2 Å². The van der Waals surface area contributed by atoms with Gasteiger partial charge < -0.3 is 20.1 Å². The maximum Gasteiger partial charge on any atom is 0.407 e. The maximum atomic E-state index is 13.6. The number of carbonyl (C=O) groups excluding carboxylic acids is 2. The molecule has 3 aromatic carbocycles. The first-order valence-electron chi connectivity index (χ1n) is 14.8. The monoisotopic (exact) mass is 616 g/mol. The molecular formula is C34H37ClN4O5. The molecule has 5 rings (SSSR count). The van der Waals surface area contributed by atoms with Gasteiger partial charge in [-0.2, -0.15) is 0 Å². The smallest absolute Gasteiger partial charge is 0.407 e. The number of carbonyl (C=O) groups is 2. The molecule has 1 aromatic heterocycles. The van der Waals surface area contributed by atoms with Gasteiger partial charge in [0, 0.05) is 19.0 Å². The summed E-state index contributed by atoms with van der Waals surface area (Å²) in [6.07, 6.45) is 0.0704. The molecule has 1 heterocycles. The van der Waals surface area contributed by atoms with Gasteiger partial charge in [-0.15, -0.1) is 0 Å². The van der Waals surface area contributed by atoms with Gasteiger partial charge in [0.2, 0.25) is 0 Å². The van der Waals surface area contributed by atoms with E-state index in [-0.39, 0.29) is 18.1 Å². The van der Waals surface area contributed by atoms with Crippen molar-refractivity contribution in [2.24, 2.45) is 0 Å². The molecule has 0 spiro atoms. The predicted octanol–water partition coefficient (Wildman–Crippen LogP) is 6.95. The van der Waals surface area contributed by atoms with Crippen LogP contribution in [0, 0.1) is 0 Å². The summed E-state index contributed by atoms with van der Waals surface area (Å²) in [6, 6.07) is 20.8. The molecule has 9 nitrogen and oxygen atoms in total. The van der Waals surface area contributed by atoms with Crippen LogP contribution in [0.25, 0.3) is 22.0 Å². The number of hydrogen-bond acceptors (Lipinski definition) is 6. The van der Waals surface area contributed by atoms with E-state index in [2.05, 4.69) is 34.9 Å². The highest BCUT2D eigenvalue weighted by molar-refractivity contribution is 6.35. The summed E-state index contributed by atoms with van der Waals surface area (Å²) in [7, 11) is 0. The molecule has 0 saturated carbocycles. The summed E-state index contributed by atoms with van der Waals surface area (Å²) in [4.78, 5) is 43.4. The first kappa shape index (κ1) is 31.1. The van der Waals surface area contributed by atoms with Crippen LogP contribution in [0.4, 0.5) is 9.59 Å². The highest BCUT2D eigenvalue weighted by atomic mass is 35.5. The number of benzene rings is 3. The number of amides is 2. The molecule has 2 N–H and O–H groups in total. The first-order valence-corrected chi connectivity index (χ1v) is 15.2. The lowest BCUT2D eigenvalue weighted by Gasteiger charge is -2.21. The molecule has 1 aliphatic carbocycles. The summed E-state index contributed by atoms with van der Waals surface area (Å²) in [5.41, 5.74) is 4.11. The molecule has 44 heavy (non-hydrogen) atoms. The van der Waals surface area contributed by atoms with E-state index in [4.69, 9.17) is 26.1 Å². The van der Waals surface area contributed by atoms with Crippen LogP contribution in [0.2, 0.25) is 5.02 Å². The molecule has 4 aromatic rings. The van der Waals surface area contributed by atoms with E-state index in [0.29, 0.717) is 47.7 Å². The lowest BCUT2D eigenvalue weighted by Crippen LogP contribution is -2.35. The summed E-state index contributed by atoms with van der Waals surface area (Å²) in [5, 5.41) is 6.22. The number of unbranched alkanes of at least 4 members (excludes halogenated alkanes) is 1. The minimum Gasteiger partial charge on any atom is -0.449 e. The Balaban J connectivity index is 1.28. The second-order valence-electron chi connectivity index (χ2n) is 11.9. The van der Waals surface area contributed by atoms with Gasteiger partial charge in [0.25, 0.3) is 5.56 Å². The Morgan fingerprint density at radius 2 is 1.61 bits per heavy atom. The van der Waals surface area contributed by atoms with Crippen LogP contribution in [0.1, 0.15) is 69.4 Å². The highest BCUT2D eigenvalue weighted by Gasteiger charge is 2.29. The standard InChI is InChI=1S/C34H37ClN4O5/c1-21(37-33(42)43-20-26-24-14-7-5-12-22(24)23-13-6-8-15-25(23)26)30-38-28-17-11-16-27(35)29(28)31(40)39(30)19-10-9-18-36-32(41)44-34(2,3)4/h5-8,11-17,21,26H,9-10,18-20H2,1-4H3,(H,36,41)(H,37,42)/t21-/m0/s1. The summed E-state index contributed by atoms with van der Waals surface area (Å²) in [5.74, 6) is 0.315. The molecule has 0 radical (unpaired) electrons. The number of rotatable bonds is 9. The molecule has 0 bridgehead atoms. The van der Waals surface area contributed by atoms with Crippen molar-refractivity contribution in [1.82, 2.24) is 20.2 Å². The summed E-state index contributed by atoms with van der Waals surface area (Å²) < 4.78 is 12.6. The number of ether oxygens (including phenoxy) is 2. The predicted molar refractivity (Wildman–Crippen MR) is 171 cm³/mol. The average molecular weight is 617 g/mol. The summed E-state index contributed by atoms with van der Waals surface area (Å²) >= 11 is 6.39. The van der Waals surface area contributed by atoms with Gasteiger partial charge in [-0.3, -0.25) is 9.36 Å². The second kappa shape index (κ2) is 13.1. The van der Waals surface area contributed by atoms with Crippen molar-refractivity contribution in [3.8, 4) is 11.1 Å². The largest absolute Gasteiger partial charge is 0.449 e. The van der Waals surface area contributed by atoms with Crippen molar-refractivity contribution < 1.29 is 19.1 Å². The zero-order valence-corrected chi connectivity index (χ0v) is 26.1. The molecule has 0 aliphatic heterocycles. The van der Waals surface area contributed by atoms with E-state index in [0.717, 1.165) is 22.3 Å². The molecule has 10 heteroatoms. The number of nitrogens with one attached hydrogen (secondary N) is 2. The quantitative estimate of drug-likeness (QED) is 0.197. The normalized spacial score (nSPS) is 13.2. The molecule has 230 valence electrons. The Bertz CT molecular complexity index is 1700. The van der Waals surface area contributed by atoms with Gasteiger partial charge in [0.15, 0.2) is 0 Å². The fourth-order valence-electron chi connectivity index (χ4n) is 5.57. The number of aromatic nitrogens is 2. The van der Waals surface area contributed by atoms with Gasteiger partial charge in [0.1, 0.15) is 18.0 Å². The van der Waals surface area contributed by atoms with Gasteiger partial charge in [-0.1, -0.05) is 66.2 Å². The van der Waals surface area contributed by atoms with Crippen LogP contribution in [0.15, 0.2) is 71.5 Å². The Morgan fingerprint density at radius 3 is 2.27 bits per heavy atom. The molecule has 2 amide bonds. The third kappa shape index (κ3) is 6.89. The second-order valence-corrected chi connectivity index (χ2v) is 12.3. The van der Waals surface area contributed by atoms with E-state index in [1.807, 2.05) is 24.3 Å². The Hall–Kier alpha value is -4.37. The molecule has 0 unspecified atom stereocenters. The van der Waals surface area contributed by atoms with Crippen molar-refractivity contribution >= 4 is 34.7 Å². The van der Waals surface area contributed by atoms with E-state index in [9.17, 15) is 14.4 Å². The van der Waals surface area contributed by atoms with Crippen LogP contribution in [-0.2, 0) is 16.0 Å². The molecule has 0 saturated heterocycles. The minimum atomic E-state index is -0.637. The van der Waals surface area contributed by atoms with Crippen LogP contribution < -0.4 is 16.2 Å². The molecular weight excluding hydrogens is 580 g/mol. The number of alkyl carbamates (subject to hydrolysis) is 2. The van der Waals surface area contributed by atoms with E-state index < -0.39 is 23.8 Å². The first-order chi connectivity index (χ1) is 21.0. The van der Waals surface area contributed by atoms with Crippen LogP contribution >= 0.6 is 11.6 Å². The fourth-order valence-corrected chi connectivity index (χ4v) is 5.82.